The van der Waals surface area contributed by atoms with Crippen LogP contribution in [0.2, 0.25) is 0 Å². The molecular formula is C17H32IN3O2S. The van der Waals surface area contributed by atoms with Gasteiger partial charge in [-0.2, -0.15) is 0 Å². The lowest BCUT2D eigenvalue weighted by atomic mass is 9.82. The highest BCUT2D eigenvalue weighted by atomic mass is 127. The molecule has 2 saturated heterocycles. The number of halogens is 1. The van der Waals surface area contributed by atoms with Gasteiger partial charge in [-0.25, -0.2) is 8.42 Å². The minimum atomic E-state index is -2.80. The van der Waals surface area contributed by atoms with Gasteiger partial charge in [0.05, 0.1) is 11.5 Å². The summed E-state index contributed by atoms with van der Waals surface area (Å²) < 4.78 is 23.2. The molecule has 3 unspecified atom stereocenters. The van der Waals surface area contributed by atoms with Crippen LogP contribution >= 0.6 is 24.0 Å². The molecule has 1 aliphatic carbocycles. The molecule has 2 aliphatic heterocycles. The van der Waals surface area contributed by atoms with Crippen LogP contribution in [0.5, 0.6) is 0 Å². The van der Waals surface area contributed by atoms with Crippen LogP contribution in [-0.2, 0) is 9.84 Å². The van der Waals surface area contributed by atoms with Crippen molar-refractivity contribution in [2.45, 2.75) is 45.4 Å². The van der Waals surface area contributed by atoms with Crippen molar-refractivity contribution < 1.29 is 8.42 Å². The predicted octanol–water partition coefficient (Wildman–Crippen LogP) is 2.52. The van der Waals surface area contributed by atoms with Gasteiger partial charge in [0.1, 0.15) is 0 Å². The zero-order valence-corrected chi connectivity index (χ0v) is 17.9. The van der Waals surface area contributed by atoms with E-state index in [1.807, 2.05) is 0 Å². The van der Waals surface area contributed by atoms with Crippen molar-refractivity contribution in [3.8, 4) is 0 Å². The number of nitrogens with zero attached hydrogens (tertiary/aromatic N) is 2. The molecule has 5 nitrogen and oxygen atoms in total. The number of aliphatic imine (C=N–C) groups is 1. The first-order valence-electron chi connectivity index (χ1n) is 9.31. The predicted molar refractivity (Wildman–Crippen MR) is 110 cm³/mol. The maximum Gasteiger partial charge on any atom is 0.193 e. The van der Waals surface area contributed by atoms with Crippen molar-refractivity contribution >= 4 is 39.8 Å². The highest BCUT2D eigenvalue weighted by Gasteiger charge is 2.36. The molecule has 3 atom stereocenters. The summed E-state index contributed by atoms with van der Waals surface area (Å²) >= 11 is 0. The summed E-state index contributed by atoms with van der Waals surface area (Å²) in [6, 6.07) is 0. The van der Waals surface area contributed by atoms with Crippen LogP contribution in [0.3, 0.4) is 0 Å². The standard InChI is InChI=1S/C17H31N3O2S.HI/c1-2-8-18-17(19-10-14-7-9-23(21,22)13-14)20-11-15-5-3-4-6-16(15)12-20;/h14-16H,2-13H2,1H3,(H,18,19);1H. The van der Waals surface area contributed by atoms with Crippen LogP contribution in [0.25, 0.3) is 0 Å². The summed E-state index contributed by atoms with van der Waals surface area (Å²) in [7, 11) is -2.80. The molecule has 0 spiro atoms. The van der Waals surface area contributed by atoms with E-state index >= 15 is 0 Å². The van der Waals surface area contributed by atoms with Gasteiger partial charge in [-0.1, -0.05) is 19.8 Å². The van der Waals surface area contributed by atoms with Crippen LogP contribution in [0.15, 0.2) is 4.99 Å². The van der Waals surface area contributed by atoms with Gasteiger partial charge in [-0.3, -0.25) is 4.99 Å². The second-order valence-corrected chi connectivity index (χ2v) is 9.80. The van der Waals surface area contributed by atoms with E-state index in [4.69, 9.17) is 4.99 Å². The van der Waals surface area contributed by atoms with Crippen LogP contribution in [0.4, 0.5) is 0 Å². The average molecular weight is 469 g/mol. The Balaban J connectivity index is 0.00000208. The largest absolute Gasteiger partial charge is 0.356 e. The molecule has 1 saturated carbocycles. The summed E-state index contributed by atoms with van der Waals surface area (Å²) in [4.78, 5) is 7.25. The van der Waals surface area contributed by atoms with E-state index in [0.29, 0.717) is 18.1 Å². The van der Waals surface area contributed by atoms with Crippen LogP contribution in [0, 0.1) is 17.8 Å². The Hall–Kier alpha value is -0.0500. The molecule has 2 heterocycles. The van der Waals surface area contributed by atoms with Gasteiger partial charge in [0.2, 0.25) is 0 Å². The number of rotatable bonds is 4. The molecule has 1 N–H and O–H groups in total. The highest BCUT2D eigenvalue weighted by Crippen LogP contribution is 2.36. The number of sulfone groups is 1. The second-order valence-electron chi connectivity index (χ2n) is 7.57. The first-order chi connectivity index (χ1) is 11.1. The minimum absolute atomic E-state index is 0. The number of likely N-dealkylation sites (tertiary alicyclic amines) is 1. The molecule has 0 bridgehead atoms. The molecule has 0 aromatic carbocycles. The van der Waals surface area contributed by atoms with Crippen molar-refractivity contribution in [3.63, 3.8) is 0 Å². The number of fused-ring (bicyclic) bond motifs is 1. The molecule has 0 aromatic rings. The van der Waals surface area contributed by atoms with E-state index < -0.39 is 9.84 Å². The lowest BCUT2D eigenvalue weighted by molar-refractivity contribution is 0.299. The van der Waals surface area contributed by atoms with Crippen molar-refractivity contribution in [3.05, 3.63) is 0 Å². The third-order valence-corrected chi connectivity index (χ3v) is 7.47. The smallest absolute Gasteiger partial charge is 0.193 e. The third-order valence-electron chi connectivity index (χ3n) is 5.63. The molecule has 3 rings (SSSR count). The number of guanidine groups is 1. The summed E-state index contributed by atoms with van der Waals surface area (Å²) in [6.45, 7) is 6.01. The van der Waals surface area contributed by atoms with E-state index in [-0.39, 0.29) is 29.9 Å². The lowest BCUT2D eigenvalue weighted by Gasteiger charge is -2.22. The Morgan fingerprint density at radius 2 is 1.83 bits per heavy atom. The molecule has 0 amide bonds. The third kappa shape index (κ3) is 5.22. The van der Waals surface area contributed by atoms with Crippen molar-refractivity contribution in [2.75, 3.05) is 37.7 Å². The van der Waals surface area contributed by atoms with Gasteiger partial charge in [0, 0.05) is 26.2 Å². The normalized spacial score (nSPS) is 32.3. The fourth-order valence-electron chi connectivity index (χ4n) is 4.31. The zero-order valence-electron chi connectivity index (χ0n) is 14.7. The van der Waals surface area contributed by atoms with E-state index in [1.54, 1.807) is 0 Å². The molecule has 3 aliphatic rings. The van der Waals surface area contributed by atoms with E-state index in [2.05, 4.69) is 17.1 Å². The molecule has 140 valence electrons. The molecular weight excluding hydrogens is 437 g/mol. The maximum atomic E-state index is 11.6. The Morgan fingerprint density at radius 1 is 1.17 bits per heavy atom. The Bertz CT molecular complexity index is 524. The zero-order chi connectivity index (χ0) is 16.3. The van der Waals surface area contributed by atoms with Crippen molar-refractivity contribution in [1.29, 1.82) is 0 Å². The van der Waals surface area contributed by atoms with Crippen molar-refractivity contribution in [1.82, 2.24) is 10.2 Å². The van der Waals surface area contributed by atoms with Crippen LogP contribution in [-0.4, -0.2) is 57.0 Å². The molecule has 7 heteroatoms. The molecule has 0 aromatic heterocycles. The summed E-state index contributed by atoms with van der Waals surface area (Å²) in [5.41, 5.74) is 0. The van der Waals surface area contributed by atoms with Crippen LogP contribution in [0.1, 0.15) is 45.4 Å². The van der Waals surface area contributed by atoms with Gasteiger partial charge >= 0.3 is 0 Å². The number of hydrogen-bond acceptors (Lipinski definition) is 3. The summed E-state index contributed by atoms with van der Waals surface area (Å²) in [5, 5.41) is 3.49. The van der Waals surface area contributed by atoms with Gasteiger partial charge in [-0.15, -0.1) is 24.0 Å². The van der Waals surface area contributed by atoms with E-state index in [0.717, 1.165) is 50.3 Å². The fourth-order valence-corrected chi connectivity index (χ4v) is 6.16. The van der Waals surface area contributed by atoms with Crippen LogP contribution < -0.4 is 5.32 Å². The first-order valence-corrected chi connectivity index (χ1v) is 11.1. The monoisotopic (exact) mass is 469 g/mol. The molecule has 3 fully saturated rings. The number of nitrogens with one attached hydrogen (secondary N) is 1. The quantitative estimate of drug-likeness (QED) is 0.391. The minimum Gasteiger partial charge on any atom is -0.356 e. The highest BCUT2D eigenvalue weighted by molar-refractivity contribution is 14.0. The topological polar surface area (TPSA) is 61.8 Å². The molecule has 0 radical (unpaired) electrons. The Kier molecular flexibility index (Phi) is 7.64. The Labute approximate surface area is 164 Å². The van der Waals surface area contributed by atoms with E-state index in [1.165, 1.54) is 25.7 Å². The van der Waals surface area contributed by atoms with Gasteiger partial charge in [0.15, 0.2) is 15.8 Å². The van der Waals surface area contributed by atoms with Crippen molar-refractivity contribution in [2.24, 2.45) is 22.7 Å². The average Bonchev–Trinajstić information content (AvgIpc) is 3.10. The number of hydrogen-bond donors (Lipinski definition) is 1. The van der Waals surface area contributed by atoms with Gasteiger partial charge in [0.25, 0.3) is 0 Å². The van der Waals surface area contributed by atoms with E-state index in [9.17, 15) is 8.42 Å². The fraction of sp³-hybridized carbons (Fsp3) is 0.941. The Morgan fingerprint density at radius 3 is 2.38 bits per heavy atom. The van der Waals surface area contributed by atoms with Gasteiger partial charge in [-0.05, 0) is 43.4 Å². The first kappa shape index (κ1) is 20.3. The maximum absolute atomic E-state index is 11.6. The van der Waals surface area contributed by atoms with Gasteiger partial charge < -0.3 is 10.2 Å². The SMILES string of the molecule is CCCNC(=NCC1CCS(=O)(=O)C1)N1CC2CCCCC2C1.I. The summed E-state index contributed by atoms with van der Waals surface area (Å²) in [6.07, 6.45) is 7.34. The molecule has 24 heavy (non-hydrogen) atoms. The summed E-state index contributed by atoms with van der Waals surface area (Å²) in [5.74, 6) is 3.57. The second kappa shape index (κ2) is 9.05. The lowest BCUT2D eigenvalue weighted by Crippen LogP contribution is -2.41.